The normalized spacial score (nSPS) is 10.3. The molecule has 0 aliphatic rings. The van der Waals surface area contributed by atoms with Gasteiger partial charge in [-0.05, 0) is 35.9 Å². The van der Waals surface area contributed by atoms with E-state index in [-0.39, 0.29) is 17.1 Å². The average molecular weight is 298 g/mol. The van der Waals surface area contributed by atoms with Crippen LogP contribution in [0.1, 0.15) is 15.9 Å². The van der Waals surface area contributed by atoms with Crippen LogP contribution in [0.25, 0.3) is 0 Å². The van der Waals surface area contributed by atoms with E-state index in [4.69, 9.17) is 23.2 Å². The number of amides is 1. The molecule has 2 rings (SSSR count). The summed E-state index contributed by atoms with van der Waals surface area (Å²) in [6.07, 6.45) is 0. The fourth-order valence-electron chi connectivity index (χ4n) is 1.60. The molecule has 0 saturated heterocycles. The monoisotopic (exact) mass is 297 g/mol. The summed E-state index contributed by atoms with van der Waals surface area (Å²) < 4.78 is 13.5. The van der Waals surface area contributed by atoms with Crippen LogP contribution in [0, 0.1) is 5.82 Å². The fourth-order valence-corrected chi connectivity index (χ4v) is 1.97. The van der Waals surface area contributed by atoms with Crippen molar-refractivity contribution in [2.24, 2.45) is 0 Å². The Balaban J connectivity index is 2.05. The number of hydrogen-bond acceptors (Lipinski definition) is 1. The minimum absolute atomic E-state index is 0.0357. The standard InChI is InChI=1S/C14H10Cl2FNO/c15-10-3-1-2-9(6-10)8-18-14(19)12-5-4-11(16)7-13(12)17/h1-7H,8H2,(H,18,19). The van der Waals surface area contributed by atoms with Crippen LogP contribution in [0.15, 0.2) is 42.5 Å². The third kappa shape index (κ3) is 3.69. The van der Waals surface area contributed by atoms with Crippen molar-refractivity contribution >= 4 is 29.1 Å². The zero-order valence-corrected chi connectivity index (χ0v) is 11.3. The summed E-state index contributed by atoms with van der Waals surface area (Å²) in [6.45, 7) is 0.279. The lowest BCUT2D eigenvalue weighted by molar-refractivity contribution is 0.0947. The molecule has 98 valence electrons. The minimum Gasteiger partial charge on any atom is -0.348 e. The van der Waals surface area contributed by atoms with Gasteiger partial charge in [0.2, 0.25) is 0 Å². The number of carbonyl (C=O) groups excluding carboxylic acids is 1. The topological polar surface area (TPSA) is 29.1 Å². The summed E-state index contributed by atoms with van der Waals surface area (Å²) in [4.78, 5) is 11.8. The van der Waals surface area contributed by atoms with E-state index in [0.29, 0.717) is 5.02 Å². The van der Waals surface area contributed by atoms with Gasteiger partial charge in [0.25, 0.3) is 5.91 Å². The van der Waals surface area contributed by atoms with Gasteiger partial charge in [-0.3, -0.25) is 4.79 Å². The van der Waals surface area contributed by atoms with Crippen LogP contribution >= 0.6 is 23.2 Å². The van der Waals surface area contributed by atoms with Gasteiger partial charge < -0.3 is 5.32 Å². The van der Waals surface area contributed by atoms with E-state index in [1.807, 2.05) is 6.07 Å². The highest BCUT2D eigenvalue weighted by Gasteiger charge is 2.11. The third-order valence-electron chi connectivity index (χ3n) is 2.52. The maximum Gasteiger partial charge on any atom is 0.254 e. The van der Waals surface area contributed by atoms with Gasteiger partial charge in [-0.15, -0.1) is 0 Å². The van der Waals surface area contributed by atoms with Crippen LogP contribution < -0.4 is 5.32 Å². The molecule has 5 heteroatoms. The highest BCUT2D eigenvalue weighted by molar-refractivity contribution is 6.31. The zero-order valence-electron chi connectivity index (χ0n) is 9.79. The molecule has 0 aliphatic heterocycles. The molecule has 1 N–H and O–H groups in total. The Morgan fingerprint density at radius 3 is 2.53 bits per heavy atom. The Hall–Kier alpha value is -1.58. The Labute approximate surface area is 120 Å². The Morgan fingerprint density at radius 1 is 1.11 bits per heavy atom. The van der Waals surface area contributed by atoms with E-state index in [0.717, 1.165) is 11.6 Å². The highest BCUT2D eigenvalue weighted by atomic mass is 35.5. The quantitative estimate of drug-likeness (QED) is 0.909. The Morgan fingerprint density at radius 2 is 1.84 bits per heavy atom. The number of carbonyl (C=O) groups is 1. The average Bonchev–Trinajstić information content (AvgIpc) is 2.36. The van der Waals surface area contributed by atoms with E-state index in [2.05, 4.69) is 5.32 Å². The molecule has 0 radical (unpaired) electrons. The first-order valence-electron chi connectivity index (χ1n) is 5.54. The maximum absolute atomic E-state index is 13.5. The van der Waals surface area contributed by atoms with Crippen LogP contribution in [0.3, 0.4) is 0 Å². The first kappa shape index (κ1) is 13.8. The molecule has 0 spiro atoms. The third-order valence-corrected chi connectivity index (χ3v) is 2.99. The van der Waals surface area contributed by atoms with Gasteiger partial charge in [0.05, 0.1) is 5.56 Å². The second kappa shape index (κ2) is 6.04. The zero-order chi connectivity index (χ0) is 13.8. The number of hydrogen-bond donors (Lipinski definition) is 1. The number of nitrogens with one attached hydrogen (secondary N) is 1. The maximum atomic E-state index is 13.5. The van der Waals surface area contributed by atoms with Gasteiger partial charge in [0, 0.05) is 16.6 Å². The van der Waals surface area contributed by atoms with Crippen molar-refractivity contribution in [1.82, 2.24) is 5.32 Å². The molecular formula is C14H10Cl2FNO. The SMILES string of the molecule is O=C(NCc1cccc(Cl)c1)c1ccc(Cl)cc1F. The molecule has 0 aromatic heterocycles. The van der Waals surface area contributed by atoms with Crippen molar-refractivity contribution in [3.05, 3.63) is 69.5 Å². The van der Waals surface area contributed by atoms with Crippen molar-refractivity contribution < 1.29 is 9.18 Å². The first-order chi connectivity index (χ1) is 9.06. The van der Waals surface area contributed by atoms with Crippen LogP contribution in [-0.4, -0.2) is 5.91 Å². The smallest absolute Gasteiger partial charge is 0.254 e. The lowest BCUT2D eigenvalue weighted by Crippen LogP contribution is -2.23. The summed E-state index contributed by atoms with van der Waals surface area (Å²) in [7, 11) is 0. The molecule has 2 aromatic carbocycles. The minimum atomic E-state index is -0.643. The molecule has 0 atom stereocenters. The molecular weight excluding hydrogens is 288 g/mol. The van der Waals surface area contributed by atoms with Crippen LogP contribution in [0.4, 0.5) is 4.39 Å². The van der Waals surface area contributed by atoms with E-state index < -0.39 is 11.7 Å². The molecule has 0 aliphatic carbocycles. The molecule has 0 unspecified atom stereocenters. The van der Waals surface area contributed by atoms with Crippen LogP contribution in [-0.2, 0) is 6.54 Å². The van der Waals surface area contributed by atoms with Crippen LogP contribution in [0.5, 0.6) is 0 Å². The molecule has 0 heterocycles. The largest absolute Gasteiger partial charge is 0.348 e. The van der Waals surface area contributed by atoms with E-state index in [1.165, 1.54) is 12.1 Å². The summed E-state index contributed by atoms with van der Waals surface area (Å²) in [6, 6.07) is 11.0. The summed E-state index contributed by atoms with van der Waals surface area (Å²) >= 11 is 11.5. The molecule has 0 fully saturated rings. The molecule has 0 saturated carbocycles. The first-order valence-corrected chi connectivity index (χ1v) is 6.29. The number of benzene rings is 2. The summed E-state index contributed by atoms with van der Waals surface area (Å²) in [5, 5.41) is 3.46. The van der Waals surface area contributed by atoms with Gasteiger partial charge in [-0.2, -0.15) is 0 Å². The van der Waals surface area contributed by atoms with Crippen molar-refractivity contribution in [2.75, 3.05) is 0 Å². The predicted molar refractivity (Wildman–Crippen MR) is 74.0 cm³/mol. The fraction of sp³-hybridized carbons (Fsp3) is 0.0714. The predicted octanol–water partition coefficient (Wildman–Crippen LogP) is 4.06. The van der Waals surface area contributed by atoms with Crippen molar-refractivity contribution in [1.29, 1.82) is 0 Å². The molecule has 1 amide bonds. The van der Waals surface area contributed by atoms with Gasteiger partial charge >= 0.3 is 0 Å². The van der Waals surface area contributed by atoms with Gasteiger partial charge in [-0.25, -0.2) is 4.39 Å². The number of rotatable bonds is 3. The Kier molecular flexibility index (Phi) is 4.40. The molecule has 2 nitrogen and oxygen atoms in total. The van der Waals surface area contributed by atoms with Gasteiger partial charge in [-0.1, -0.05) is 35.3 Å². The lowest BCUT2D eigenvalue weighted by atomic mass is 10.2. The van der Waals surface area contributed by atoms with Crippen molar-refractivity contribution in [3.63, 3.8) is 0 Å². The second-order valence-corrected chi connectivity index (χ2v) is 4.81. The highest BCUT2D eigenvalue weighted by Crippen LogP contribution is 2.15. The second-order valence-electron chi connectivity index (χ2n) is 3.94. The van der Waals surface area contributed by atoms with Gasteiger partial charge in [0.15, 0.2) is 0 Å². The summed E-state index contributed by atoms with van der Waals surface area (Å²) in [5.74, 6) is -1.13. The Bertz CT molecular complexity index is 616. The summed E-state index contributed by atoms with van der Waals surface area (Å²) in [5.41, 5.74) is 0.807. The molecule has 2 aromatic rings. The van der Waals surface area contributed by atoms with Crippen LogP contribution in [0.2, 0.25) is 10.0 Å². The molecule has 0 bridgehead atoms. The van der Waals surface area contributed by atoms with E-state index in [1.54, 1.807) is 18.2 Å². The lowest BCUT2D eigenvalue weighted by Gasteiger charge is -2.07. The van der Waals surface area contributed by atoms with Gasteiger partial charge in [0.1, 0.15) is 5.82 Å². The van der Waals surface area contributed by atoms with Crippen molar-refractivity contribution in [3.8, 4) is 0 Å². The van der Waals surface area contributed by atoms with E-state index in [9.17, 15) is 9.18 Å². The molecule has 19 heavy (non-hydrogen) atoms. The van der Waals surface area contributed by atoms with E-state index >= 15 is 0 Å². The van der Waals surface area contributed by atoms with Crippen molar-refractivity contribution in [2.45, 2.75) is 6.54 Å². The number of halogens is 3.